The molecule has 0 bridgehead atoms. The molecule has 0 aliphatic heterocycles. The average Bonchev–Trinajstić information content (AvgIpc) is 2.02. The summed E-state index contributed by atoms with van der Waals surface area (Å²) in [6.07, 6.45) is 1.76. The monoisotopic (exact) mass is 157 g/mol. The molecule has 0 aromatic rings. The van der Waals surface area contributed by atoms with Crippen molar-refractivity contribution in [2.24, 2.45) is 17.6 Å². The maximum absolute atomic E-state index is 11.4. The van der Waals surface area contributed by atoms with Crippen LogP contribution >= 0.6 is 0 Å². The van der Waals surface area contributed by atoms with Crippen LogP contribution in [-0.2, 0) is 4.79 Å². The fraction of sp³-hybridized carbons (Fsp3) is 0.889. The van der Waals surface area contributed by atoms with Crippen LogP contribution in [0.4, 0.5) is 0 Å². The summed E-state index contributed by atoms with van der Waals surface area (Å²) in [4.78, 5) is 11.4. The molecule has 2 atom stereocenters. The highest BCUT2D eigenvalue weighted by Gasteiger charge is 2.17. The van der Waals surface area contributed by atoms with Crippen LogP contribution in [0.5, 0.6) is 0 Å². The molecular weight excluding hydrogens is 138 g/mol. The molecule has 0 rings (SSSR count). The third-order valence-corrected chi connectivity index (χ3v) is 2.18. The second kappa shape index (κ2) is 5.30. The average molecular weight is 157 g/mol. The van der Waals surface area contributed by atoms with Gasteiger partial charge in [0, 0.05) is 11.8 Å². The van der Waals surface area contributed by atoms with Crippen LogP contribution in [0.2, 0.25) is 0 Å². The van der Waals surface area contributed by atoms with E-state index in [0.717, 1.165) is 12.8 Å². The van der Waals surface area contributed by atoms with Gasteiger partial charge in [0.1, 0.15) is 5.78 Å². The fourth-order valence-electron chi connectivity index (χ4n) is 1.08. The molecule has 2 unspecified atom stereocenters. The molecule has 0 fully saturated rings. The largest absolute Gasteiger partial charge is 0.330 e. The van der Waals surface area contributed by atoms with Crippen molar-refractivity contribution in [1.29, 1.82) is 0 Å². The van der Waals surface area contributed by atoms with E-state index in [9.17, 15) is 4.79 Å². The lowest BCUT2D eigenvalue weighted by Gasteiger charge is -2.13. The van der Waals surface area contributed by atoms with Crippen molar-refractivity contribution >= 4 is 5.78 Å². The molecule has 2 heteroatoms. The number of carbonyl (C=O) groups excluding carboxylic acids is 1. The Morgan fingerprint density at radius 2 is 1.91 bits per heavy atom. The molecule has 66 valence electrons. The van der Waals surface area contributed by atoms with Gasteiger partial charge in [-0.2, -0.15) is 0 Å². The molecule has 0 heterocycles. The Morgan fingerprint density at radius 1 is 1.36 bits per heavy atom. The van der Waals surface area contributed by atoms with E-state index in [-0.39, 0.29) is 11.8 Å². The highest BCUT2D eigenvalue weighted by molar-refractivity contribution is 5.82. The van der Waals surface area contributed by atoms with Crippen LogP contribution in [0.25, 0.3) is 0 Å². The molecule has 11 heavy (non-hydrogen) atoms. The summed E-state index contributed by atoms with van der Waals surface area (Å²) in [6.45, 7) is 6.60. The molecule has 0 aliphatic rings. The minimum Gasteiger partial charge on any atom is -0.330 e. The van der Waals surface area contributed by atoms with Crippen molar-refractivity contribution in [3.8, 4) is 0 Å². The first-order chi connectivity index (χ1) is 5.13. The van der Waals surface area contributed by atoms with Gasteiger partial charge < -0.3 is 5.73 Å². The zero-order chi connectivity index (χ0) is 8.85. The first-order valence-electron chi connectivity index (χ1n) is 4.37. The maximum Gasteiger partial charge on any atom is 0.138 e. The Morgan fingerprint density at radius 3 is 2.27 bits per heavy atom. The van der Waals surface area contributed by atoms with Gasteiger partial charge in [-0.3, -0.25) is 4.79 Å². The molecule has 0 radical (unpaired) electrons. The first-order valence-corrected chi connectivity index (χ1v) is 4.37. The summed E-state index contributed by atoms with van der Waals surface area (Å²) < 4.78 is 0. The van der Waals surface area contributed by atoms with Crippen molar-refractivity contribution in [3.63, 3.8) is 0 Å². The lowest BCUT2D eigenvalue weighted by atomic mass is 9.91. The Labute approximate surface area is 69.2 Å². The topological polar surface area (TPSA) is 43.1 Å². The highest BCUT2D eigenvalue weighted by atomic mass is 16.1. The van der Waals surface area contributed by atoms with Gasteiger partial charge in [-0.1, -0.05) is 20.8 Å². The van der Waals surface area contributed by atoms with Crippen LogP contribution in [0.3, 0.4) is 0 Å². The third kappa shape index (κ3) is 3.51. The molecule has 0 amide bonds. The van der Waals surface area contributed by atoms with E-state index in [1.807, 2.05) is 20.8 Å². The second-order valence-corrected chi connectivity index (χ2v) is 3.19. The van der Waals surface area contributed by atoms with Crippen molar-refractivity contribution in [3.05, 3.63) is 0 Å². The molecule has 0 aromatic carbocycles. The highest BCUT2D eigenvalue weighted by Crippen LogP contribution is 2.12. The van der Waals surface area contributed by atoms with Gasteiger partial charge in [0.2, 0.25) is 0 Å². The summed E-state index contributed by atoms with van der Waals surface area (Å²) in [6, 6.07) is 0. The fourth-order valence-corrected chi connectivity index (χ4v) is 1.08. The van der Waals surface area contributed by atoms with E-state index in [4.69, 9.17) is 5.73 Å². The number of nitrogens with two attached hydrogens (primary N) is 1. The lowest BCUT2D eigenvalue weighted by molar-refractivity contribution is -0.126. The molecule has 2 N–H and O–H groups in total. The SMILES string of the molecule is CCC(C)C(=O)C(C)CCN. The summed E-state index contributed by atoms with van der Waals surface area (Å²) in [5, 5.41) is 0. The standard InChI is InChI=1S/C9H19NO/c1-4-7(2)9(11)8(3)5-6-10/h7-8H,4-6,10H2,1-3H3. The van der Waals surface area contributed by atoms with E-state index >= 15 is 0 Å². The van der Waals surface area contributed by atoms with Crippen molar-refractivity contribution in [2.75, 3.05) is 6.54 Å². The summed E-state index contributed by atoms with van der Waals surface area (Å²) >= 11 is 0. The number of carbonyl (C=O) groups is 1. The van der Waals surface area contributed by atoms with Crippen LogP contribution in [0.15, 0.2) is 0 Å². The maximum atomic E-state index is 11.4. The lowest BCUT2D eigenvalue weighted by Crippen LogP contribution is -2.21. The van der Waals surface area contributed by atoms with Crippen molar-refractivity contribution in [1.82, 2.24) is 0 Å². The molecule has 2 nitrogen and oxygen atoms in total. The Kier molecular flexibility index (Phi) is 5.12. The van der Waals surface area contributed by atoms with Crippen LogP contribution < -0.4 is 5.73 Å². The number of hydrogen-bond acceptors (Lipinski definition) is 2. The van der Waals surface area contributed by atoms with E-state index in [1.54, 1.807) is 0 Å². The number of Topliss-reactive ketones (excluding diaryl/α,β-unsaturated/α-hetero) is 1. The van der Waals surface area contributed by atoms with Crippen LogP contribution in [0, 0.1) is 11.8 Å². The van der Waals surface area contributed by atoms with E-state index in [0.29, 0.717) is 12.3 Å². The first kappa shape index (κ1) is 10.6. The normalized spacial score (nSPS) is 16.0. The third-order valence-electron chi connectivity index (χ3n) is 2.18. The summed E-state index contributed by atoms with van der Waals surface area (Å²) in [5.74, 6) is 0.712. The molecule has 0 spiro atoms. The van der Waals surface area contributed by atoms with Crippen LogP contribution in [0.1, 0.15) is 33.6 Å². The summed E-state index contributed by atoms with van der Waals surface area (Å²) in [7, 11) is 0. The Balaban J connectivity index is 3.81. The van der Waals surface area contributed by atoms with Gasteiger partial charge in [0.15, 0.2) is 0 Å². The zero-order valence-electron chi connectivity index (χ0n) is 7.76. The van der Waals surface area contributed by atoms with Gasteiger partial charge in [-0.25, -0.2) is 0 Å². The van der Waals surface area contributed by atoms with E-state index < -0.39 is 0 Å². The number of hydrogen-bond donors (Lipinski definition) is 1. The zero-order valence-corrected chi connectivity index (χ0v) is 7.76. The predicted octanol–water partition coefficient (Wildman–Crippen LogP) is 1.59. The molecule has 0 saturated heterocycles. The quantitative estimate of drug-likeness (QED) is 0.658. The summed E-state index contributed by atoms with van der Waals surface area (Å²) in [5.41, 5.74) is 5.36. The van der Waals surface area contributed by atoms with E-state index in [1.165, 1.54) is 0 Å². The van der Waals surface area contributed by atoms with E-state index in [2.05, 4.69) is 0 Å². The molecule has 0 saturated carbocycles. The predicted molar refractivity (Wildman–Crippen MR) is 47.3 cm³/mol. The molecule has 0 aromatic heterocycles. The van der Waals surface area contributed by atoms with Crippen molar-refractivity contribution < 1.29 is 4.79 Å². The van der Waals surface area contributed by atoms with Crippen LogP contribution in [-0.4, -0.2) is 12.3 Å². The Bertz CT molecular complexity index is 123. The van der Waals surface area contributed by atoms with Gasteiger partial charge in [-0.05, 0) is 19.4 Å². The van der Waals surface area contributed by atoms with Gasteiger partial charge in [0.05, 0.1) is 0 Å². The number of rotatable bonds is 5. The number of ketones is 1. The van der Waals surface area contributed by atoms with Crippen molar-refractivity contribution in [2.45, 2.75) is 33.6 Å². The minimum atomic E-state index is 0.148. The van der Waals surface area contributed by atoms with Gasteiger partial charge in [-0.15, -0.1) is 0 Å². The molecule has 0 aliphatic carbocycles. The smallest absolute Gasteiger partial charge is 0.138 e. The second-order valence-electron chi connectivity index (χ2n) is 3.19. The van der Waals surface area contributed by atoms with Gasteiger partial charge >= 0.3 is 0 Å². The Hall–Kier alpha value is -0.370. The van der Waals surface area contributed by atoms with Gasteiger partial charge in [0.25, 0.3) is 0 Å². The minimum absolute atomic E-state index is 0.148. The molecular formula is C9H19NO.